The molecule has 112 valence electrons. The quantitative estimate of drug-likeness (QED) is 0.829. The number of nitrogens with zero attached hydrogens (tertiary/aromatic N) is 4. The molecule has 1 amide bonds. The predicted octanol–water partition coefficient (Wildman–Crippen LogP) is 1.62. The molecular formula is C16H22N4O. The second kappa shape index (κ2) is 4.68. The minimum absolute atomic E-state index is 0.216. The molecule has 2 atom stereocenters. The molecule has 3 fully saturated rings. The Morgan fingerprint density at radius 1 is 1.24 bits per heavy atom. The molecule has 1 saturated carbocycles. The highest BCUT2D eigenvalue weighted by Gasteiger charge is 2.61. The van der Waals surface area contributed by atoms with Crippen LogP contribution in [-0.4, -0.2) is 47.0 Å². The average molecular weight is 286 g/mol. The molecule has 3 heterocycles. The summed E-state index contributed by atoms with van der Waals surface area (Å²) in [4.78, 5) is 25.7. The number of carbonyl (C=O) groups is 1. The first-order chi connectivity index (χ1) is 10.2. The van der Waals surface area contributed by atoms with Crippen LogP contribution in [0.1, 0.15) is 31.2 Å². The van der Waals surface area contributed by atoms with E-state index in [2.05, 4.69) is 19.8 Å². The van der Waals surface area contributed by atoms with Crippen LogP contribution in [0.15, 0.2) is 12.4 Å². The lowest BCUT2D eigenvalue weighted by molar-refractivity contribution is -0.132. The van der Waals surface area contributed by atoms with Gasteiger partial charge in [0.05, 0.1) is 0 Å². The molecule has 0 bridgehead atoms. The Hall–Kier alpha value is -1.65. The maximum atomic E-state index is 12.5. The number of rotatable bonds is 2. The summed E-state index contributed by atoms with van der Waals surface area (Å²) in [6.07, 6.45) is 8.25. The van der Waals surface area contributed by atoms with Crippen molar-refractivity contribution in [3.05, 3.63) is 18.0 Å². The van der Waals surface area contributed by atoms with Gasteiger partial charge in [-0.15, -0.1) is 0 Å². The van der Waals surface area contributed by atoms with Crippen molar-refractivity contribution in [3.63, 3.8) is 0 Å². The van der Waals surface area contributed by atoms with Gasteiger partial charge in [-0.25, -0.2) is 9.97 Å². The van der Waals surface area contributed by atoms with Gasteiger partial charge in [0, 0.05) is 49.9 Å². The topological polar surface area (TPSA) is 49.3 Å². The SMILES string of the molecule is Cc1cnc(N2CCC3(CC3C(=O)N3CCCC3)C2)nc1. The van der Waals surface area contributed by atoms with Gasteiger partial charge in [-0.3, -0.25) is 4.79 Å². The van der Waals surface area contributed by atoms with Gasteiger partial charge in [-0.2, -0.15) is 0 Å². The van der Waals surface area contributed by atoms with Crippen molar-refractivity contribution < 1.29 is 4.79 Å². The van der Waals surface area contributed by atoms with Gasteiger partial charge in [0.25, 0.3) is 0 Å². The standard InChI is InChI=1S/C16H22N4O/c1-12-9-17-15(18-10-12)20-7-4-16(11-20)8-13(16)14(21)19-5-2-3-6-19/h9-10,13H,2-8,11H2,1H3. The Balaban J connectivity index is 1.42. The zero-order chi connectivity index (χ0) is 14.4. The largest absolute Gasteiger partial charge is 0.342 e. The molecule has 2 saturated heterocycles. The van der Waals surface area contributed by atoms with E-state index in [1.807, 2.05) is 19.3 Å². The second-order valence-electron chi connectivity index (χ2n) is 6.88. The van der Waals surface area contributed by atoms with Gasteiger partial charge in [-0.1, -0.05) is 0 Å². The van der Waals surface area contributed by atoms with E-state index in [0.29, 0.717) is 5.91 Å². The molecule has 2 unspecified atom stereocenters. The Morgan fingerprint density at radius 2 is 1.95 bits per heavy atom. The molecule has 1 aromatic heterocycles. The van der Waals surface area contributed by atoms with Crippen molar-refractivity contribution in [2.45, 2.75) is 32.6 Å². The molecule has 5 heteroatoms. The molecule has 1 aromatic rings. The van der Waals surface area contributed by atoms with E-state index in [0.717, 1.165) is 50.5 Å². The second-order valence-corrected chi connectivity index (χ2v) is 6.88. The summed E-state index contributed by atoms with van der Waals surface area (Å²) < 4.78 is 0. The molecule has 0 aromatic carbocycles. The van der Waals surface area contributed by atoms with Crippen LogP contribution in [0.2, 0.25) is 0 Å². The van der Waals surface area contributed by atoms with E-state index in [1.54, 1.807) is 0 Å². The molecular weight excluding hydrogens is 264 g/mol. The fourth-order valence-corrected chi connectivity index (χ4v) is 3.92. The van der Waals surface area contributed by atoms with E-state index in [-0.39, 0.29) is 11.3 Å². The first-order valence-electron chi connectivity index (χ1n) is 8.00. The molecule has 4 rings (SSSR count). The number of anilines is 1. The zero-order valence-electron chi connectivity index (χ0n) is 12.6. The number of likely N-dealkylation sites (tertiary alicyclic amines) is 1. The molecule has 3 aliphatic rings. The van der Waals surface area contributed by atoms with Crippen LogP contribution < -0.4 is 4.90 Å². The summed E-state index contributed by atoms with van der Waals surface area (Å²) in [5.74, 6) is 1.47. The van der Waals surface area contributed by atoms with Crippen molar-refractivity contribution in [2.24, 2.45) is 11.3 Å². The number of carbonyl (C=O) groups excluding carboxylic acids is 1. The minimum Gasteiger partial charge on any atom is -0.342 e. The van der Waals surface area contributed by atoms with Crippen LogP contribution in [0, 0.1) is 18.3 Å². The highest BCUT2D eigenvalue weighted by atomic mass is 16.2. The Morgan fingerprint density at radius 3 is 2.67 bits per heavy atom. The molecule has 1 aliphatic carbocycles. The highest BCUT2D eigenvalue weighted by Crippen LogP contribution is 2.59. The van der Waals surface area contributed by atoms with Gasteiger partial charge < -0.3 is 9.80 Å². The number of aryl methyl sites for hydroxylation is 1. The van der Waals surface area contributed by atoms with Crippen LogP contribution in [-0.2, 0) is 4.79 Å². The lowest BCUT2D eigenvalue weighted by Crippen LogP contribution is -2.31. The van der Waals surface area contributed by atoms with Crippen molar-refractivity contribution in [1.29, 1.82) is 0 Å². The summed E-state index contributed by atoms with van der Waals surface area (Å²) in [5, 5.41) is 0. The van der Waals surface area contributed by atoms with E-state index < -0.39 is 0 Å². The monoisotopic (exact) mass is 286 g/mol. The Bertz CT molecular complexity index is 552. The van der Waals surface area contributed by atoms with Crippen LogP contribution in [0.4, 0.5) is 5.95 Å². The van der Waals surface area contributed by atoms with E-state index in [9.17, 15) is 4.79 Å². The van der Waals surface area contributed by atoms with E-state index >= 15 is 0 Å². The molecule has 0 N–H and O–H groups in total. The van der Waals surface area contributed by atoms with Crippen molar-refractivity contribution >= 4 is 11.9 Å². The highest BCUT2D eigenvalue weighted by molar-refractivity contribution is 5.83. The normalized spacial score (nSPS) is 31.2. The van der Waals surface area contributed by atoms with Gasteiger partial charge >= 0.3 is 0 Å². The van der Waals surface area contributed by atoms with Crippen molar-refractivity contribution in [3.8, 4) is 0 Å². The maximum Gasteiger partial charge on any atom is 0.226 e. The third kappa shape index (κ3) is 2.19. The smallest absolute Gasteiger partial charge is 0.226 e. The molecule has 21 heavy (non-hydrogen) atoms. The third-order valence-corrected chi connectivity index (χ3v) is 5.34. The molecule has 5 nitrogen and oxygen atoms in total. The van der Waals surface area contributed by atoms with Crippen LogP contribution in [0.25, 0.3) is 0 Å². The average Bonchev–Trinajstić information content (AvgIpc) is 2.86. The minimum atomic E-state index is 0.216. The molecule has 1 spiro atoms. The van der Waals surface area contributed by atoms with Gasteiger partial charge in [-0.05, 0) is 38.2 Å². The number of hydrogen-bond donors (Lipinski definition) is 0. The fourth-order valence-electron chi connectivity index (χ4n) is 3.92. The predicted molar refractivity (Wildman–Crippen MR) is 80.0 cm³/mol. The fraction of sp³-hybridized carbons (Fsp3) is 0.688. The summed E-state index contributed by atoms with van der Waals surface area (Å²) in [6, 6.07) is 0. The first kappa shape index (κ1) is 13.0. The van der Waals surface area contributed by atoms with Gasteiger partial charge in [0.1, 0.15) is 0 Å². The van der Waals surface area contributed by atoms with E-state index in [1.165, 1.54) is 12.8 Å². The summed E-state index contributed by atoms with van der Waals surface area (Å²) >= 11 is 0. The third-order valence-electron chi connectivity index (χ3n) is 5.34. The Labute approximate surface area is 125 Å². The van der Waals surface area contributed by atoms with Crippen molar-refractivity contribution in [2.75, 3.05) is 31.1 Å². The summed E-state index contributed by atoms with van der Waals surface area (Å²) in [7, 11) is 0. The first-order valence-corrected chi connectivity index (χ1v) is 8.00. The van der Waals surface area contributed by atoms with Crippen LogP contribution in [0.5, 0.6) is 0 Å². The van der Waals surface area contributed by atoms with Crippen molar-refractivity contribution in [1.82, 2.24) is 14.9 Å². The zero-order valence-corrected chi connectivity index (χ0v) is 12.6. The van der Waals surface area contributed by atoms with Crippen LogP contribution in [0.3, 0.4) is 0 Å². The van der Waals surface area contributed by atoms with E-state index in [4.69, 9.17) is 0 Å². The molecule has 0 radical (unpaired) electrons. The lowest BCUT2D eigenvalue weighted by Gasteiger charge is -2.18. The number of aromatic nitrogens is 2. The van der Waals surface area contributed by atoms with Gasteiger partial charge in [0.2, 0.25) is 11.9 Å². The number of hydrogen-bond acceptors (Lipinski definition) is 4. The Kier molecular flexibility index (Phi) is 2.91. The number of amides is 1. The summed E-state index contributed by atoms with van der Waals surface area (Å²) in [5.41, 5.74) is 1.30. The van der Waals surface area contributed by atoms with Gasteiger partial charge in [0.15, 0.2) is 0 Å². The van der Waals surface area contributed by atoms with Crippen LogP contribution >= 0.6 is 0 Å². The molecule has 2 aliphatic heterocycles. The maximum absolute atomic E-state index is 12.5. The summed E-state index contributed by atoms with van der Waals surface area (Å²) in [6.45, 7) is 5.86. The lowest BCUT2D eigenvalue weighted by atomic mass is 10.0.